The summed E-state index contributed by atoms with van der Waals surface area (Å²) in [5.74, 6) is 0.517. The third-order valence-corrected chi connectivity index (χ3v) is 6.92. The molecular weight excluding hydrogens is 472 g/mol. The van der Waals surface area contributed by atoms with Gasteiger partial charge >= 0.3 is 0 Å². The third kappa shape index (κ3) is 5.09. The fraction of sp³-hybridized carbons (Fsp3) is 0.152. The van der Waals surface area contributed by atoms with Crippen LogP contribution in [0.4, 0.5) is 11.4 Å². The average molecular weight is 503 g/mol. The highest BCUT2D eigenvalue weighted by Crippen LogP contribution is 2.42. The lowest BCUT2D eigenvalue weighted by atomic mass is 9.89. The van der Waals surface area contributed by atoms with E-state index in [9.17, 15) is 9.59 Å². The summed E-state index contributed by atoms with van der Waals surface area (Å²) in [7, 11) is 1.61. The number of carbonyl (C=O) groups is 2. The number of hydrogen-bond acceptors (Lipinski definition) is 3. The van der Waals surface area contributed by atoms with Crippen molar-refractivity contribution in [3.8, 4) is 5.75 Å². The molecule has 0 radical (unpaired) electrons. The predicted molar refractivity (Wildman–Crippen MR) is 152 cm³/mol. The molecule has 0 fully saturated rings. The first-order valence-corrected chi connectivity index (χ1v) is 12.7. The Bertz CT molecular complexity index is 1430. The van der Waals surface area contributed by atoms with Crippen LogP contribution in [0.5, 0.6) is 5.75 Å². The monoisotopic (exact) mass is 502 g/mol. The van der Waals surface area contributed by atoms with Gasteiger partial charge in [0.05, 0.1) is 13.2 Å². The summed E-state index contributed by atoms with van der Waals surface area (Å²) in [6.45, 7) is 2.04. The lowest BCUT2D eigenvalue weighted by molar-refractivity contribution is -0.114. The molecule has 4 aromatic carbocycles. The smallest absolute Gasteiger partial charge is 0.258 e. The first-order valence-electron chi connectivity index (χ1n) is 12.7. The fourth-order valence-corrected chi connectivity index (χ4v) is 5.07. The van der Waals surface area contributed by atoms with E-state index in [0.29, 0.717) is 17.7 Å². The number of amides is 2. The minimum atomic E-state index is -0.239. The topological polar surface area (TPSA) is 49.9 Å². The summed E-state index contributed by atoms with van der Waals surface area (Å²) < 4.78 is 5.26. The Labute approximate surface area is 223 Å². The lowest BCUT2D eigenvalue weighted by Crippen LogP contribution is -2.47. The summed E-state index contributed by atoms with van der Waals surface area (Å²) in [6, 6.07) is 34.2. The van der Waals surface area contributed by atoms with Crippen molar-refractivity contribution in [2.75, 3.05) is 16.9 Å². The van der Waals surface area contributed by atoms with E-state index in [4.69, 9.17) is 4.74 Å². The summed E-state index contributed by atoms with van der Waals surface area (Å²) in [6.07, 6.45) is 4.07. The molecule has 5 rings (SSSR count). The molecule has 2 atom stereocenters. The zero-order chi connectivity index (χ0) is 26.5. The number of nitrogens with zero attached hydrogens (tertiary/aromatic N) is 2. The van der Waals surface area contributed by atoms with Crippen molar-refractivity contribution in [2.24, 2.45) is 0 Å². The second-order valence-corrected chi connectivity index (χ2v) is 9.35. The third-order valence-electron chi connectivity index (χ3n) is 6.92. The number of methoxy groups -OCH3 is 1. The van der Waals surface area contributed by atoms with Gasteiger partial charge in [-0.15, -0.1) is 0 Å². The van der Waals surface area contributed by atoms with Crippen molar-refractivity contribution < 1.29 is 14.3 Å². The number of carbonyl (C=O) groups excluding carboxylic acids is 2. The normalized spacial score (nSPS) is 16.6. The molecule has 0 N–H and O–H groups in total. The highest BCUT2D eigenvalue weighted by molar-refractivity contribution is 6.08. The molecule has 0 saturated carbocycles. The molecule has 1 heterocycles. The van der Waals surface area contributed by atoms with Crippen molar-refractivity contribution in [3.05, 3.63) is 132 Å². The minimum absolute atomic E-state index is 0.0763. The maximum absolute atomic E-state index is 13.8. The van der Waals surface area contributed by atoms with Gasteiger partial charge in [0, 0.05) is 29.1 Å². The van der Waals surface area contributed by atoms with Crippen LogP contribution >= 0.6 is 0 Å². The van der Waals surface area contributed by atoms with Gasteiger partial charge in [0.2, 0.25) is 0 Å². The number of para-hydroxylation sites is 2. The van der Waals surface area contributed by atoms with Gasteiger partial charge in [-0.2, -0.15) is 0 Å². The molecule has 5 heteroatoms. The first-order chi connectivity index (χ1) is 18.6. The van der Waals surface area contributed by atoms with Crippen LogP contribution in [0.3, 0.4) is 0 Å². The van der Waals surface area contributed by atoms with Crippen LogP contribution in [-0.2, 0) is 4.79 Å². The van der Waals surface area contributed by atoms with E-state index in [1.54, 1.807) is 37.5 Å². The second-order valence-electron chi connectivity index (χ2n) is 9.35. The molecule has 0 spiro atoms. The summed E-state index contributed by atoms with van der Waals surface area (Å²) >= 11 is 0. The van der Waals surface area contributed by atoms with Crippen LogP contribution in [-0.4, -0.2) is 25.0 Å². The van der Waals surface area contributed by atoms with E-state index in [2.05, 4.69) is 0 Å². The van der Waals surface area contributed by atoms with Gasteiger partial charge in [0.15, 0.2) is 0 Å². The van der Waals surface area contributed by atoms with E-state index in [-0.39, 0.29) is 23.9 Å². The Kier molecular flexibility index (Phi) is 7.36. The summed E-state index contributed by atoms with van der Waals surface area (Å²) in [5.41, 5.74) is 4.13. The molecule has 0 saturated heterocycles. The average Bonchev–Trinajstić information content (AvgIpc) is 2.97. The molecule has 190 valence electrons. The number of fused-ring (bicyclic) bond motifs is 1. The largest absolute Gasteiger partial charge is 0.497 e. The Morgan fingerprint density at radius 3 is 2.16 bits per heavy atom. The van der Waals surface area contributed by atoms with Gasteiger partial charge in [-0.05, 0) is 73.0 Å². The Morgan fingerprint density at radius 2 is 1.47 bits per heavy atom. The standard InChI is InChI=1S/C33H30N2O3/c1-24-23-31(35(27-13-7-4-8-14-27)32(36)22-17-25-11-5-3-6-12-25)29-15-9-10-16-30(29)34(24)33(37)26-18-20-28(38-2)21-19-26/h3-22,24,31H,23H2,1-2H3/b22-17+/t24-,31-/m0/s1. The molecule has 1 aliphatic rings. The maximum Gasteiger partial charge on any atom is 0.258 e. The highest BCUT2D eigenvalue weighted by atomic mass is 16.5. The zero-order valence-corrected chi connectivity index (χ0v) is 21.5. The predicted octanol–water partition coefficient (Wildman–Crippen LogP) is 6.92. The van der Waals surface area contributed by atoms with Gasteiger partial charge in [-0.3, -0.25) is 9.59 Å². The quantitative estimate of drug-likeness (QED) is 0.269. The van der Waals surface area contributed by atoms with Gasteiger partial charge in [0.25, 0.3) is 11.8 Å². The van der Waals surface area contributed by atoms with E-state index in [1.165, 1.54) is 0 Å². The molecule has 2 amide bonds. The van der Waals surface area contributed by atoms with E-state index >= 15 is 0 Å². The zero-order valence-electron chi connectivity index (χ0n) is 21.5. The van der Waals surface area contributed by atoms with Crippen molar-refractivity contribution in [1.82, 2.24) is 0 Å². The maximum atomic E-state index is 13.8. The van der Waals surface area contributed by atoms with Gasteiger partial charge < -0.3 is 14.5 Å². The van der Waals surface area contributed by atoms with Crippen LogP contribution in [0.2, 0.25) is 0 Å². The molecule has 1 aliphatic heterocycles. The minimum Gasteiger partial charge on any atom is -0.497 e. The van der Waals surface area contributed by atoms with Gasteiger partial charge in [-0.1, -0.05) is 66.7 Å². The van der Waals surface area contributed by atoms with Gasteiger partial charge in [0.1, 0.15) is 5.75 Å². The summed E-state index contributed by atoms with van der Waals surface area (Å²) in [4.78, 5) is 31.2. The Morgan fingerprint density at radius 1 is 0.842 bits per heavy atom. The van der Waals surface area contributed by atoms with E-state index in [0.717, 1.165) is 22.5 Å². The molecule has 38 heavy (non-hydrogen) atoms. The number of hydrogen-bond donors (Lipinski definition) is 0. The molecule has 0 bridgehead atoms. The molecule has 4 aromatic rings. The van der Waals surface area contributed by atoms with Crippen LogP contribution < -0.4 is 14.5 Å². The van der Waals surface area contributed by atoms with Crippen molar-refractivity contribution in [1.29, 1.82) is 0 Å². The van der Waals surface area contributed by atoms with Crippen molar-refractivity contribution >= 4 is 29.3 Å². The number of ether oxygens (including phenoxy) is 1. The molecule has 0 aliphatic carbocycles. The molecule has 0 unspecified atom stereocenters. The number of rotatable bonds is 6. The summed E-state index contributed by atoms with van der Waals surface area (Å²) in [5, 5.41) is 0. The van der Waals surface area contributed by atoms with Crippen LogP contribution in [0, 0.1) is 0 Å². The number of anilines is 2. The van der Waals surface area contributed by atoms with E-state index < -0.39 is 0 Å². The SMILES string of the molecule is COc1ccc(C(=O)N2c3ccccc3[C@@H](N(C(=O)/C=C/c3ccccc3)c3ccccc3)C[C@@H]2C)cc1. The fourth-order valence-electron chi connectivity index (χ4n) is 5.07. The van der Waals surface area contributed by atoms with Crippen molar-refractivity contribution in [3.63, 3.8) is 0 Å². The second kappa shape index (κ2) is 11.2. The molecular formula is C33H30N2O3. The molecule has 5 nitrogen and oxygen atoms in total. The Balaban J connectivity index is 1.53. The Hall–Kier alpha value is -4.64. The number of benzene rings is 4. The van der Waals surface area contributed by atoms with Crippen LogP contribution in [0.1, 0.15) is 40.9 Å². The van der Waals surface area contributed by atoms with Crippen molar-refractivity contribution in [2.45, 2.75) is 25.4 Å². The van der Waals surface area contributed by atoms with E-state index in [1.807, 2.05) is 108 Å². The first kappa shape index (κ1) is 25.0. The van der Waals surface area contributed by atoms with Crippen LogP contribution in [0.25, 0.3) is 6.08 Å². The highest BCUT2D eigenvalue weighted by Gasteiger charge is 2.38. The van der Waals surface area contributed by atoms with Gasteiger partial charge in [-0.25, -0.2) is 0 Å². The lowest BCUT2D eigenvalue weighted by Gasteiger charge is -2.43. The molecule has 0 aromatic heterocycles. The van der Waals surface area contributed by atoms with Crippen LogP contribution in [0.15, 0.2) is 115 Å².